The summed E-state index contributed by atoms with van der Waals surface area (Å²) in [5.74, 6) is -1.79. The molecule has 0 atom stereocenters. The van der Waals surface area contributed by atoms with E-state index < -0.39 is 22.1 Å². The monoisotopic (exact) mass is 274 g/mol. The van der Waals surface area contributed by atoms with E-state index >= 15 is 0 Å². The zero-order chi connectivity index (χ0) is 13.8. The molecular formula is C10H10O7S. The molecule has 0 saturated carbocycles. The van der Waals surface area contributed by atoms with Crippen molar-refractivity contribution in [2.24, 2.45) is 0 Å². The molecule has 0 unspecified atom stereocenters. The lowest BCUT2D eigenvalue weighted by atomic mass is 10.3. The summed E-state index contributed by atoms with van der Waals surface area (Å²) in [6.07, 6.45) is -0.628. The second-order valence-electron chi connectivity index (χ2n) is 3.31. The van der Waals surface area contributed by atoms with E-state index in [-0.39, 0.29) is 23.5 Å². The van der Waals surface area contributed by atoms with Crippen LogP contribution in [0.25, 0.3) is 0 Å². The van der Waals surface area contributed by atoms with Gasteiger partial charge in [0.2, 0.25) is 0 Å². The average molecular weight is 274 g/mol. The molecule has 1 rings (SSSR count). The topological polar surface area (TPSA) is 118 Å². The van der Waals surface area contributed by atoms with Gasteiger partial charge in [-0.15, -0.1) is 0 Å². The summed E-state index contributed by atoms with van der Waals surface area (Å²) < 4.78 is 34.9. The molecule has 0 amide bonds. The van der Waals surface area contributed by atoms with Crippen molar-refractivity contribution in [3.05, 3.63) is 24.3 Å². The summed E-state index contributed by atoms with van der Waals surface area (Å²) in [7, 11) is -4.29. The van der Waals surface area contributed by atoms with E-state index in [9.17, 15) is 18.0 Å². The van der Waals surface area contributed by atoms with Crippen LogP contribution < -0.4 is 4.74 Å². The van der Waals surface area contributed by atoms with Gasteiger partial charge < -0.3 is 9.84 Å². The number of hydrogen-bond acceptors (Lipinski definition) is 5. The highest BCUT2D eigenvalue weighted by Crippen LogP contribution is 2.16. The fourth-order valence-electron chi connectivity index (χ4n) is 1.07. The first kappa shape index (κ1) is 14.1. The van der Waals surface area contributed by atoms with E-state index in [4.69, 9.17) is 14.4 Å². The minimum atomic E-state index is -4.29. The molecule has 0 aromatic heterocycles. The number of esters is 1. The Balaban J connectivity index is 2.64. The first-order valence-electron chi connectivity index (χ1n) is 4.79. The molecule has 2 N–H and O–H groups in total. The van der Waals surface area contributed by atoms with Gasteiger partial charge >= 0.3 is 11.9 Å². The van der Waals surface area contributed by atoms with Gasteiger partial charge in [-0.05, 0) is 24.3 Å². The van der Waals surface area contributed by atoms with Crippen LogP contribution >= 0.6 is 0 Å². The molecule has 0 fully saturated rings. The van der Waals surface area contributed by atoms with Gasteiger partial charge in [0.1, 0.15) is 5.75 Å². The van der Waals surface area contributed by atoms with Crippen molar-refractivity contribution in [3.63, 3.8) is 0 Å². The zero-order valence-electron chi connectivity index (χ0n) is 9.07. The normalized spacial score (nSPS) is 10.9. The number of ether oxygens (including phenoxy) is 1. The van der Waals surface area contributed by atoms with Gasteiger partial charge in [-0.2, -0.15) is 8.42 Å². The van der Waals surface area contributed by atoms with Gasteiger partial charge in [0.15, 0.2) is 0 Å². The number of hydrogen-bond donors (Lipinski definition) is 2. The lowest BCUT2D eigenvalue weighted by Gasteiger charge is -2.03. The molecule has 0 aliphatic heterocycles. The Labute approximate surface area is 103 Å². The summed E-state index contributed by atoms with van der Waals surface area (Å²) in [6.45, 7) is 0. The fourth-order valence-corrected chi connectivity index (χ4v) is 1.55. The maximum Gasteiger partial charge on any atom is 0.311 e. The van der Waals surface area contributed by atoms with E-state index in [0.717, 1.165) is 12.1 Å². The van der Waals surface area contributed by atoms with E-state index in [1.165, 1.54) is 12.1 Å². The predicted molar refractivity (Wildman–Crippen MR) is 58.8 cm³/mol. The molecule has 0 bridgehead atoms. The van der Waals surface area contributed by atoms with Crippen LogP contribution in [0.15, 0.2) is 29.2 Å². The smallest absolute Gasteiger partial charge is 0.311 e. The van der Waals surface area contributed by atoms with Gasteiger partial charge in [-0.25, -0.2) is 0 Å². The zero-order valence-corrected chi connectivity index (χ0v) is 9.88. The van der Waals surface area contributed by atoms with E-state index in [2.05, 4.69) is 0 Å². The Morgan fingerprint density at radius 3 is 2.11 bits per heavy atom. The number of aliphatic carboxylic acids is 1. The van der Waals surface area contributed by atoms with Gasteiger partial charge in [0.05, 0.1) is 17.7 Å². The number of rotatable bonds is 5. The van der Waals surface area contributed by atoms with Crippen LogP contribution in [-0.4, -0.2) is 30.0 Å². The van der Waals surface area contributed by atoms with Gasteiger partial charge in [0.25, 0.3) is 10.1 Å². The maximum absolute atomic E-state index is 11.1. The summed E-state index contributed by atoms with van der Waals surface area (Å²) in [5.41, 5.74) is 0. The van der Waals surface area contributed by atoms with Gasteiger partial charge in [-0.3, -0.25) is 14.1 Å². The quantitative estimate of drug-likeness (QED) is 0.461. The molecular weight excluding hydrogens is 264 g/mol. The highest BCUT2D eigenvalue weighted by atomic mass is 32.2. The highest BCUT2D eigenvalue weighted by Gasteiger charge is 2.11. The van der Waals surface area contributed by atoms with Crippen LogP contribution in [0.4, 0.5) is 0 Å². The van der Waals surface area contributed by atoms with E-state index in [1.54, 1.807) is 0 Å². The Hall–Kier alpha value is -1.93. The van der Waals surface area contributed by atoms with Crippen LogP contribution in [0.3, 0.4) is 0 Å². The number of carboxylic acid groups (broad SMARTS) is 1. The first-order valence-corrected chi connectivity index (χ1v) is 6.23. The molecule has 98 valence electrons. The maximum atomic E-state index is 11.1. The van der Waals surface area contributed by atoms with Crippen molar-refractivity contribution in [3.8, 4) is 5.75 Å². The molecule has 0 heterocycles. The first-order chi connectivity index (χ1) is 8.29. The van der Waals surface area contributed by atoms with Crippen molar-refractivity contribution in [1.29, 1.82) is 0 Å². The lowest BCUT2D eigenvalue weighted by Crippen LogP contribution is -2.10. The molecule has 18 heavy (non-hydrogen) atoms. The third kappa shape index (κ3) is 4.52. The summed E-state index contributed by atoms with van der Waals surface area (Å²) in [6, 6.07) is 4.49. The van der Waals surface area contributed by atoms with Crippen molar-refractivity contribution < 1.29 is 32.4 Å². The Morgan fingerprint density at radius 2 is 1.67 bits per heavy atom. The Kier molecular flexibility index (Phi) is 4.40. The number of carbonyl (C=O) groups excluding carboxylic acids is 1. The van der Waals surface area contributed by atoms with Gasteiger partial charge in [0, 0.05) is 0 Å². The molecule has 0 spiro atoms. The van der Waals surface area contributed by atoms with Crippen molar-refractivity contribution in [2.75, 3.05) is 0 Å². The van der Waals surface area contributed by atoms with Crippen LogP contribution in [0.1, 0.15) is 12.8 Å². The SMILES string of the molecule is O=C(O)CCC(=O)Oc1ccc(S(=O)(=O)O)cc1. The van der Waals surface area contributed by atoms with Crippen LogP contribution in [-0.2, 0) is 19.7 Å². The standard InChI is InChI=1S/C10H10O7S/c11-9(12)5-6-10(13)17-7-1-3-8(4-2-7)18(14,15)16/h1-4H,5-6H2,(H,11,12)(H,14,15,16). The van der Waals surface area contributed by atoms with Crippen LogP contribution in [0, 0.1) is 0 Å². The highest BCUT2D eigenvalue weighted by molar-refractivity contribution is 7.85. The largest absolute Gasteiger partial charge is 0.481 e. The summed E-state index contributed by atoms with van der Waals surface area (Å²) >= 11 is 0. The molecule has 0 aliphatic carbocycles. The average Bonchev–Trinajstić information content (AvgIpc) is 2.26. The summed E-state index contributed by atoms with van der Waals surface area (Å²) in [5, 5.41) is 8.35. The van der Waals surface area contributed by atoms with Crippen molar-refractivity contribution in [2.45, 2.75) is 17.7 Å². The predicted octanol–water partition coefficient (Wildman–Crippen LogP) is 0.704. The van der Waals surface area contributed by atoms with Crippen LogP contribution in [0.5, 0.6) is 5.75 Å². The molecule has 8 heteroatoms. The lowest BCUT2D eigenvalue weighted by molar-refractivity contribution is -0.142. The minimum Gasteiger partial charge on any atom is -0.481 e. The van der Waals surface area contributed by atoms with Gasteiger partial charge in [-0.1, -0.05) is 0 Å². The third-order valence-corrected chi connectivity index (χ3v) is 2.76. The van der Waals surface area contributed by atoms with Crippen LogP contribution in [0.2, 0.25) is 0 Å². The molecule has 0 saturated heterocycles. The second kappa shape index (κ2) is 5.61. The second-order valence-corrected chi connectivity index (χ2v) is 4.74. The van der Waals surface area contributed by atoms with Crippen molar-refractivity contribution >= 4 is 22.1 Å². The number of carbonyl (C=O) groups is 2. The molecule has 7 nitrogen and oxygen atoms in total. The van der Waals surface area contributed by atoms with E-state index in [1.807, 2.05) is 0 Å². The molecule has 1 aromatic rings. The Morgan fingerprint density at radius 1 is 1.11 bits per heavy atom. The Bertz CT molecular complexity index is 544. The third-order valence-electron chi connectivity index (χ3n) is 1.90. The minimum absolute atomic E-state index is 0.0674. The van der Waals surface area contributed by atoms with E-state index in [0.29, 0.717) is 0 Å². The fraction of sp³-hybridized carbons (Fsp3) is 0.200. The number of benzene rings is 1. The molecule has 0 aliphatic rings. The van der Waals surface area contributed by atoms with Crippen molar-refractivity contribution in [1.82, 2.24) is 0 Å². The summed E-state index contributed by atoms with van der Waals surface area (Å²) in [4.78, 5) is 21.0. The number of carboxylic acids is 1. The molecule has 0 radical (unpaired) electrons. The molecule has 1 aromatic carbocycles.